The normalized spacial score (nSPS) is 8.12. The van der Waals surface area contributed by atoms with Gasteiger partial charge in [0.25, 0.3) is 0 Å². The van der Waals surface area contributed by atoms with Crippen LogP contribution in [0.15, 0.2) is 0 Å². The molecule has 0 saturated carbocycles. The van der Waals surface area contributed by atoms with Crippen molar-refractivity contribution in [3.63, 3.8) is 0 Å². The number of hydrogen-bond donors (Lipinski definition) is 1. The molecule has 8 heavy (non-hydrogen) atoms. The molecule has 0 unspecified atom stereocenters. The summed E-state index contributed by atoms with van der Waals surface area (Å²) in [6, 6.07) is 0. The van der Waals surface area contributed by atoms with E-state index < -0.39 is 0 Å². The van der Waals surface area contributed by atoms with Crippen molar-refractivity contribution >= 4 is 30.8 Å². The predicted octanol–water partition coefficient (Wildman–Crippen LogP) is 0.0149. The van der Waals surface area contributed by atoms with Crippen LogP contribution in [0.5, 0.6) is 0 Å². The Labute approximate surface area is 65.9 Å². The second kappa shape index (κ2) is 10.6. The van der Waals surface area contributed by atoms with E-state index >= 15 is 0 Å². The summed E-state index contributed by atoms with van der Waals surface area (Å²) in [5.74, 6) is 0. The van der Waals surface area contributed by atoms with Gasteiger partial charge in [0.1, 0.15) is 11.9 Å². The topological polar surface area (TPSA) is 26.3 Å². The Morgan fingerprint density at radius 2 is 2.25 bits per heavy atom. The molecule has 2 nitrogen and oxygen atoms in total. The maximum atomic E-state index is 9.55. The van der Waals surface area contributed by atoms with Crippen LogP contribution < -0.4 is 0 Å². The first-order valence-electron chi connectivity index (χ1n) is 2.36. The van der Waals surface area contributed by atoms with E-state index in [2.05, 4.69) is 11.1 Å². The van der Waals surface area contributed by atoms with Crippen LogP contribution in [0.4, 0.5) is 0 Å². The maximum absolute atomic E-state index is 9.55. The molecule has 0 aliphatic heterocycles. The summed E-state index contributed by atoms with van der Waals surface area (Å²) < 4.78 is 14.0. The Morgan fingerprint density at radius 1 is 1.62 bits per heavy atom. The van der Waals surface area contributed by atoms with Crippen molar-refractivity contribution in [2.24, 2.45) is 0 Å². The van der Waals surface area contributed by atoms with E-state index in [1.165, 1.54) is 0 Å². The van der Waals surface area contributed by atoms with Crippen LogP contribution in [0, 0.1) is 0 Å². The van der Waals surface area contributed by atoms with Crippen molar-refractivity contribution in [1.29, 1.82) is 0 Å². The molecule has 0 aromatic carbocycles. The van der Waals surface area contributed by atoms with E-state index in [1.807, 2.05) is 0 Å². The Bertz CT molecular complexity index is 51.3. The first-order chi connectivity index (χ1) is 3.41. The monoisotopic (exact) mass is 130 g/mol. The molecule has 0 radical (unpaired) electrons. The number of hydrogen-bond acceptors (Lipinski definition) is 2. The molecular weight excluding hydrogens is 119 g/mol. The van der Waals surface area contributed by atoms with Crippen molar-refractivity contribution in [3.8, 4) is 0 Å². The van der Waals surface area contributed by atoms with Crippen LogP contribution in [-0.4, -0.2) is 29.7 Å². The van der Waals surface area contributed by atoms with E-state index in [1.54, 1.807) is 0 Å². The third kappa shape index (κ3) is 9.86. The summed E-state index contributed by atoms with van der Waals surface area (Å²) in [6.45, 7) is 2.67. The van der Waals surface area contributed by atoms with Crippen molar-refractivity contribution in [2.45, 2.75) is 19.8 Å². The number of unbranched alkanes of at least 4 members (excludes halogenated alkanes) is 1. The summed E-state index contributed by atoms with van der Waals surface area (Å²) in [5, 5.41) is 0. The third-order valence-corrected chi connectivity index (χ3v) is 0.930. The van der Waals surface area contributed by atoms with Gasteiger partial charge in [-0.15, -0.1) is 0 Å². The van der Waals surface area contributed by atoms with Gasteiger partial charge in [0.15, 0.2) is 0 Å². The molecule has 0 amide bonds. The average molecular weight is 130 g/mol. The molecule has 0 heterocycles. The quantitative estimate of drug-likeness (QED) is 0.330. The van der Waals surface area contributed by atoms with Gasteiger partial charge in [-0.25, -0.2) is 4.21 Å². The van der Waals surface area contributed by atoms with Gasteiger partial charge >= 0.3 is 18.9 Å². The van der Waals surface area contributed by atoms with E-state index in [-0.39, 0.29) is 30.8 Å². The van der Waals surface area contributed by atoms with Gasteiger partial charge in [-0.3, -0.25) is 4.18 Å². The fourth-order valence-corrected chi connectivity index (χ4v) is 0.450. The zero-order valence-electron chi connectivity index (χ0n) is 4.39. The number of thiol groups is 1. The third-order valence-electron chi connectivity index (χ3n) is 0.642. The van der Waals surface area contributed by atoms with Gasteiger partial charge < -0.3 is 0 Å². The molecule has 4 heteroatoms. The van der Waals surface area contributed by atoms with Gasteiger partial charge in [-0.2, -0.15) is 0 Å². The van der Waals surface area contributed by atoms with Gasteiger partial charge in [0.2, 0.25) is 0 Å². The molecule has 0 atom stereocenters. The second-order valence-electron chi connectivity index (χ2n) is 1.26. The van der Waals surface area contributed by atoms with Crippen LogP contribution in [-0.2, 0) is 16.1 Å². The Morgan fingerprint density at radius 3 is 2.62 bits per heavy atom. The van der Waals surface area contributed by atoms with Gasteiger partial charge in [-0.1, -0.05) is 13.3 Å². The molecule has 0 aliphatic carbocycles. The molecule has 0 saturated heterocycles. The number of rotatable bonds is 4. The van der Waals surface area contributed by atoms with E-state index in [9.17, 15) is 4.21 Å². The molecule has 0 aliphatic rings. The van der Waals surface area contributed by atoms with E-state index in [4.69, 9.17) is 0 Å². The SMILES string of the molecule is CCCCO[SH]=O.[LiH]. The van der Waals surface area contributed by atoms with Crippen molar-refractivity contribution in [1.82, 2.24) is 0 Å². The summed E-state index contributed by atoms with van der Waals surface area (Å²) in [4.78, 5) is 0. The van der Waals surface area contributed by atoms with Crippen LogP contribution in [0.3, 0.4) is 0 Å². The second-order valence-corrected chi connectivity index (χ2v) is 1.67. The Balaban J connectivity index is 0. The summed E-state index contributed by atoms with van der Waals surface area (Å²) in [7, 11) is 0. The summed E-state index contributed by atoms with van der Waals surface area (Å²) >= 11 is -0.195. The minimum atomic E-state index is -0.195. The first kappa shape index (κ1) is 11.5. The summed E-state index contributed by atoms with van der Waals surface area (Å²) in [6.07, 6.45) is 2.09. The van der Waals surface area contributed by atoms with Crippen LogP contribution in [0.1, 0.15) is 19.8 Å². The Kier molecular flexibility index (Phi) is 15.3. The Hall–Kier alpha value is 0.707. The van der Waals surface area contributed by atoms with Gasteiger partial charge in [-0.05, 0) is 6.42 Å². The van der Waals surface area contributed by atoms with Gasteiger partial charge in [0.05, 0.1) is 6.61 Å². The zero-order valence-corrected chi connectivity index (χ0v) is 5.28. The molecule has 0 fully saturated rings. The molecule has 46 valence electrons. The average Bonchev–Trinajstić information content (AvgIpc) is 1.69. The van der Waals surface area contributed by atoms with Crippen LogP contribution in [0.25, 0.3) is 0 Å². The van der Waals surface area contributed by atoms with Crippen molar-refractivity contribution in [2.75, 3.05) is 6.61 Å². The minimum absolute atomic E-state index is 0. The van der Waals surface area contributed by atoms with Crippen LogP contribution >= 0.6 is 0 Å². The van der Waals surface area contributed by atoms with Crippen LogP contribution in [0.2, 0.25) is 0 Å². The molecule has 0 aromatic heterocycles. The molecule has 0 spiro atoms. The first-order valence-corrected chi connectivity index (χ1v) is 3.09. The molecule has 0 rings (SSSR count). The fraction of sp³-hybridized carbons (Fsp3) is 1.00. The van der Waals surface area contributed by atoms with Gasteiger partial charge in [0, 0.05) is 0 Å². The van der Waals surface area contributed by atoms with E-state index in [0.717, 1.165) is 12.8 Å². The standard InChI is InChI=1S/C4H10O2S.Li.H/c1-2-3-4-6-7-5;;/h7H,2-4H2,1H3;;. The molecule has 0 aromatic rings. The molecular formula is C4H11LiO2S. The van der Waals surface area contributed by atoms with Crippen molar-refractivity contribution < 1.29 is 8.39 Å². The molecule has 0 bridgehead atoms. The zero-order chi connectivity index (χ0) is 5.54. The summed E-state index contributed by atoms with van der Waals surface area (Å²) in [5.41, 5.74) is 0. The predicted molar refractivity (Wildman–Crippen MR) is 37.5 cm³/mol. The fourth-order valence-electron chi connectivity index (χ4n) is 0.246. The van der Waals surface area contributed by atoms with Crippen molar-refractivity contribution in [3.05, 3.63) is 0 Å². The van der Waals surface area contributed by atoms with E-state index in [0.29, 0.717) is 6.61 Å². The molecule has 0 N–H and O–H groups in total.